The van der Waals surface area contributed by atoms with Crippen LogP contribution in [0.15, 0.2) is 18.2 Å². The van der Waals surface area contributed by atoms with Crippen LogP contribution in [0.3, 0.4) is 0 Å². The van der Waals surface area contributed by atoms with Crippen molar-refractivity contribution < 1.29 is 4.74 Å². The van der Waals surface area contributed by atoms with Crippen LogP contribution in [0.1, 0.15) is 44.1 Å². The van der Waals surface area contributed by atoms with Gasteiger partial charge in [-0.3, -0.25) is 11.3 Å². The monoisotopic (exact) mass is 330 g/mol. The first kappa shape index (κ1) is 17.0. The van der Waals surface area contributed by atoms with Gasteiger partial charge >= 0.3 is 0 Å². The Kier molecular flexibility index (Phi) is 6.33. The van der Waals surface area contributed by atoms with Crippen molar-refractivity contribution in [3.05, 3.63) is 33.8 Å². The number of nitrogens with two attached hydrogens (primary N) is 1. The van der Waals surface area contributed by atoms with Crippen LogP contribution >= 0.6 is 23.2 Å². The molecule has 1 saturated carbocycles. The topological polar surface area (TPSA) is 47.3 Å². The molecule has 1 aliphatic carbocycles. The summed E-state index contributed by atoms with van der Waals surface area (Å²) in [6.07, 6.45) is 7.70. The van der Waals surface area contributed by atoms with E-state index in [-0.39, 0.29) is 11.6 Å². The Labute approximate surface area is 137 Å². The number of rotatable bonds is 5. The van der Waals surface area contributed by atoms with E-state index in [0.29, 0.717) is 10.0 Å². The minimum atomic E-state index is -0.214. The molecule has 118 valence electrons. The predicted molar refractivity (Wildman–Crippen MR) is 88.7 cm³/mol. The zero-order chi connectivity index (χ0) is 15.3. The molecule has 1 fully saturated rings. The van der Waals surface area contributed by atoms with Crippen molar-refractivity contribution in [3.8, 4) is 0 Å². The average Bonchev–Trinajstić information content (AvgIpc) is 2.73. The summed E-state index contributed by atoms with van der Waals surface area (Å²) < 4.78 is 5.94. The number of hydrogen-bond donors (Lipinski definition) is 2. The first-order valence-electron chi connectivity index (χ1n) is 7.56. The lowest BCUT2D eigenvalue weighted by Crippen LogP contribution is -2.55. The number of hydrazine groups is 1. The maximum Gasteiger partial charge on any atom is 0.0847 e. The Bertz CT molecular complexity index is 460. The van der Waals surface area contributed by atoms with E-state index in [1.807, 2.05) is 12.1 Å². The molecule has 5 heteroatoms. The lowest BCUT2D eigenvalue weighted by molar-refractivity contribution is -0.0527. The van der Waals surface area contributed by atoms with E-state index in [9.17, 15) is 0 Å². The third-order valence-electron chi connectivity index (χ3n) is 4.63. The van der Waals surface area contributed by atoms with Gasteiger partial charge in [0.1, 0.15) is 0 Å². The van der Waals surface area contributed by atoms with E-state index in [1.165, 1.54) is 25.7 Å². The van der Waals surface area contributed by atoms with Gasteiger partial charge in [0.25, 0.3) is 0 Å². The maximum absolute atomic E-state index is 6.30. The summed E-state index contributed by atoms with van der Waals surface area (Å²) in [6, 6.07) is 5.65. The van der Waals surface area contributed by atoms with Crippen molar-refractivity contribution in [2.75, 3.05) is 7.11 Å². The Balaban J connectivity index is 2.20. The molecule has 1 unspecified atom stereocenters. The number of methoxy groups -OCH3 is 1. The fourth-order valence-electron chi connectivity index (χ4n) is 3.33. The zero-order valence-electron chi connectivity index (χ0n) is 12.5. The standard InChI is InChI=1S/C16H24Cl2N2O/c1-21-16(8-4-2-3-5-9-16)15(20-19)10-12-6-7-13(17)11-14(12)18/h6-7,11,15,20H,2-5,8-10,19H2,1H3. The van der Waals surface area contributed by atoms with Crippen molar-refractivity contribution in [1.29, 1.82) is 0 Å². The molecule has 0 radical (unpaired) electrons. The van der Waals surface area contributed by atoms with Crippen molar-refractivity contribution in [2.45, 2.75) is 56.6 Å². The van der Waals surface area contributed by atoms with Crippen LogP contribution in [0, 0.1) is 0 Å². The molecule has 0 saturated heterocycles. The van der Waals surface area contributed by atoms with Gasteiger partial charge in [0.05, 0.1) is 11.6 Å². The molecule has 2 rings (SSSR count). The Hall–Kier alpha value is -0.320. The lowest BCUT2D eigenvalue weighted by atomic mass is 9.83. The first-order chi connectivity index (χ1) is 10.1. The molecule has 1 atom stereocenters. The highest BCUT2D eigenvalue weighted by Gasteiger charge is 2.38. The maximum atomic E-state index is 6.30. The van der Waals surface area contributed by atoms with Crippen LogP contribution in [-0.2, 0) is 11.2 Å². The SMILES string of the molecule is COC1(C(Cc2ccc(Cl)cc2Cl)NN)CCCCCC1. The summed E-state index contributed by atoms with van der Waals surface area (Å²) in [4.78, 5) is 0. The number of ether oxygens (including phenoxy) is 1. The molecule has 3 N–H and O–H groups in total. The molecule has 3 nitrogen and oxygen atoms in total. The smallest absolute Gasteiger partial charge is 0.0847 e. The molecule has 0 bridgehead atoms. The van der Waals surface area contributed by atoms with Crippen LogP contribution in [0.5, 0.6) is 0 Å². The number of nitrogens with one attached hydrogen (secondary N) is 1. The van der Waals surface area contributed by atoms with Gasteiger partial charge in [-0.25, -0.2) is 0 Å². The van der Waals surface area contributed by atoms with Crippen LogP contribution in [0.25, 0.3) is 0 Å². The third kappa shape index (κ3) is 4.11. The molecule has 21 heavy (non-hydrogen) atoms. The summed E-state index contributed by atoms with van der Waals surface area (Å²) in [6.45, 7) is 0. The lowest BCUT2D eigenvalue weighted by Gasteiger charge is -2.39. The van der Waals surface area contributed by atoms with Gasteiger partial charge in [0.15, 0.2) is 0 Å². The van der Waals surface area contributed by atoms with Crippen LogP contribution < -0.4 is 11.3 Å². The summed E-state index contributed by atoms with van der Waals surface area (Å²) >= 11 is 12.3. The zero-order valence-corrected chi connectivity index (χ0v) is 14.0. The highest BCUT2D eigenvalue weighted by molar-refractivity contribution is 6.35. The molecule has 0 heterocycles. The highest BCUT2D eigenvalue weighted by atomic mass is 35.5. The number of halogens is 2. The van der Waals surface area contributed by atoms with E-state index in [4.69, 9.17) is 33.8 Å². The molecule has 0 aromatic heterocycles. The summed E-state index contributed by atoms with van der Waals surface area (Å²) in [5, 5.41) is 1.33. The van der Waals surface area contributed by atoms with Crippen molar-refractivity contribution >= 4 is 23.2 Å². The molecule has 1 aromatic rings. The van der Waals surface area contributed by atoms with Crippen LogP contribution in [-0.4, -0.2) is 18.8 Å². The second kappa shape index (κ2) is 7.80. The predicted octanol–water partition coefficient (Wildman–Crippen LogP) is 4.11. The fraction of sp³-hybridized carbons (Fsp3) is 0.625. The van der Waals surface area contributed by atoms with Gasteiger partial charge < -0.3 is 4.74 Å². The van der Waals surface area contributed by atoms with Gasteiger partial charge in [-0.15, -0.1) is 0 Å². The van der Waals surface area contributed by atoms with Crippen molar-refractivity contribution in [2.24, 2.45) is 5.84 Å². The van der Waals surface area contributed by atoms with Crippen LogP contribution in [0.4, 0.5) is 0 Å². The molecule has 0 amide bonds. The van der Waals surface area contributed by atoms with E-state index in [0.717, 1.165) is 24.8 Å². The largest absolute Gasteiger partial charge is 0.377 e. The molecular weight excluding hydrogens is 307 g/mol. The van der Waals surface area contributed by atoms with Crippen molar-refractivity contribution in [3.63, 3.8) is 0 Å². The van der Waals surface area contributed by atoms with E-state index in [2.05, 4.69) is 5.43 Å². The Morgan fingerprint density at radius 1 is 1.24 bits per heavy atom. The third-order valence-corrected chi connectivity index (χ3v) is 5.22. The minimum Gasteiger partial charge on any atom is -0.377 e. The normalized spacial score (nSPS) is 20.0. The van der Waals surface area contributed by atoms with Crippen molar-refractivity contribution in [1.82, 2.24) is 5.43 Å². The van der Waals surface area contributed by atoms with E-state index in [1.54, 1.807) is 13.2 Å². The van der Waals surface area contributed by atoms with Gasteiger partial charge in [0.2, 0.25) is 0 Å². The summed E-state index contributed by atoms with van der Waals surface area (Å²) in [7, 11) is 1.79. The second-order valence-electron chi connectivity index (χ2n) is 5.84. The average molecular weight is 331 g/mol. The second-order valence-corrected chi connectivity index (χ2v) is 6.69. The van der Waals surface area contributed by atoms with Gasteiger partial charge in [-0.2, -0.15) is 0 Å². The summed E-state index contributed by atoms with van der Waals surface area (Å²) in [5.74, 6) is 5.84. The van der Waals surface area contributed by atoms with Crippen LogP contribution in [0.2, 0.25) is 10.0 Å². The minimum absolute atomic E-state index is 0.0410. The molecular formula is C16H24Cl2N2O. The quantitative estimate of drug-likeness (QED) is 0.485. The number of benzene rings is 1. The molecule has 0 aliphatic heterocycles. The highest BCUT2D eigenvalue weighted by Crippen LogP contribution is 2.35. The van der Waals surface area contributed by atoms with Gasteiger partial charge in [-0.05, 0) is 37.0 Å². The first-order valence-corrected chi connectivity index (χ1v) is 8.32. The van der Waals surface area contributed by atoms with Gasteiger partial charge in [-0.1, -0.05) is 55.0 Å². The van der Waals surface area contributed by atoms with E-state index >= 15 is 0 Å². The molecule has 0 spiro atoms. The molecule has 1 aliphatic rings. The Morgan fingerprint density at radius 2 is 1.90 bits per heavy atom. The van der Waals surface area contributed by atoms with E-state index < -0.39 is 0 Å². The summed E-state index contributed by atoms with van der Waals surface area (Å²) in [5.41, 5.74) is 3.80. The number of hydrogen-bond acceptors (Lipinski definition) is 3. The Morgan fingerprint density at radius 3 is 2.43 bits per heavy atom. The van der Waals surface area contributed by atoms with Gasteiger partial charge in [0, 0.05) is 17.2 Å². The molecule has 1 aromatic carbocycles. The fourth-order valence-corrected chi connectivity index (χ4v) is 3.81.